The van der Waals surface area contributed by atoms with Crippen molar-refractivity contribution >= 4 is 43.3 Å². The average molecular weight is 530 g/mol. The first kappa shape index (κ1) is 20.9. The number of benzene rings is 3. The summed E-state index contributed by atoms with van der Waals surface area (Å²) in [6.07, 6.45) is 0.808. The highest BCUT2D eigenvalue weighted by atomic mass is 79.9. The average Bonchev–Trinajstić information content (AvgIpc) is 3.19. The van der Waals surface area contributed by atoms with Gasteiger partial charge < -0.3 is 9.47 Å². The van der Waals surface area contributed by atoms with Gasteiger partial charge in [-0.3, -0.25) is 5.01 Å². The molecule has 0 aromatic heterocycles. The molecule has 6 heteroatoms. The van der Waals surface area contributed by atoms with E-state index < -0.39 is 0 Å². The van der Waals surface area contributed by atoms with E-state index in [2.05, 4.69) is 67.2 Å². The highest BCUT2D eigenvalue weighted by Crippen LogP contribution is 2.41. The van der Waals surface area contributed by atoms with Crippen LogP contribution >= 0.6 is 31.9 Å². The Hall–Kier alpha value is -2.31. The molecule has 1 aliphatic heterocycles. The molecule has 0 fully saturated rings. The lowest BCUT2D eigenvalue weighted by molar-refractivity contribution is 0.340. The zero-order chi connectivity index (χ0) is 21.1. The Morgan fingerprint density at radius 2 is 1.67 bits per heavy atom. The molecule has 0 aliphatic carbocycles. The second-order valence-electron chi connectivity index (χ2n) is 6.94. The van der Waals surface area contributed by atoms with Crippen molar-refractivity contribution in [3.63, 3.8) is 0 Å². The zero-order valence-corrected chi connectivity index (χ0v) is 20.0. The van der Waals surface area contributed by atoms with Crippen molar-refractivity contribution in [3.05, 3.63) is 86.8 Å². The van der Waals surface area contributed by atoms with Crippen molar-refractivity contribution in [2.75, 3.05) is 18.7 Å². The van der Waals surface area contributed by atoms with Gasteiger partial charge in [-0.05, 0) is 88.6 Å². The lowest BCUT2D eigenvalue weighted by atomic mass is 9.98. The lowest BCUT2D eigenvalue weighted by Gasteiger charge is -2.25. The predicted molar refractivity (Wildman–Crippen MR) is 129 cm³/mol. The lowest BCUT2D eigenvalue weighted by Crippen LogP contribution is -2.19. The zero-order valence-electron chi connectivity index (χ0n) is 16.8. The Kier molecular flexibility index (Phi) is 6.44. The summed E-state index contributed by atoms with van der Waals surface area (Å²) in [5, 5.41) is 7.13. The van der Waals surface area contributed by atoms with E-state index in [1.54, 1.807) is 7.11 Å². The number of methoxy groups -OCH3 is 1. The predicted octanol–water partition coefficient (Wildman–Crippen LogP) is 6.97. The first-order valence-corrected chi connectivity index (χ1v) is 11.4. The van der Waals surface area contributed by atoms with Crippen molar-refractivity contribution in [1.82, 2.24) is 0 Å². The second kappa shape index (κ2) is 9.23. The highest BCUT2D eigenvalue weighted by molar-refractivity contribution is 9.11. The summed E-state index contributed by atoms with van der Waals surface area (Å²) in [4.78, 5) is 0. The van der Waals surface area contributed by atoms with Crippen LogP contribution in [-0.2, 0) is 0 Å². The first-order valence-electron chi connectivity index (χ1n) is 9.78. The smallest absolute Gasteiger partial charge is 0.119 e. The number of hydrogen-bond acceptors (Lipinski definition) is 4. The molecule has 0 amide bonds. The van der Waals surface area contributed by atoms with Crippen molar-refractivity contribution in [1.29, 1.82) is 0 Å². The van der Waals surface area contributed by atoms with Crippen LogP contribution < -0.4 is 14.5 Å². The van der Waals surface area contributed by atoms with Gasteiger partial charge in [0.1, 0.15) is 11.5 Å². The van der Waals surface area contributed by atoms with E-state index in [1.807, 2.05) is 43.3 Å². The molecule has 0 saturated carbocycles. The van der Waals surface area contributed by atoms with Crippen LogP contribution in [0.25, 0.3) is 0 Å². The molecule has 3 aromatic rings. The minimum absolute atomic E-state index is 0.0925. The van der Waals surface area contributed by atoms with E-state index in [0.29, 0.717) is 6.61 Å². The molecule has 1 heterocycles. The minimum Gasteiger partial charge on any atom is -0.497 e. The van der Waals surface area contributed by atoms with Crippen LogP contribution in [-0.4, -0.2) is 19.4 Å². The number of ether oxygens (including phenoxy) is 2. The third-order valence-electron chi connectivity index (χ3n) is 5.07. The third-order valence-corrected chi connectivity index (χ3v) is 6.19. The SMILES string of the molecule is CCOc1ccc(C2=NN(c3ccc(Br)cc3Br)[C@H](c3ccc(OC)cc3)C2)cc1. The van der Waals surface area contributed by atoms with E-state index in [4.69, 9.17) is 14.6 Å². The number of nitrogens with zero attached hydrogens (tertiary/aromatic N) is 2. The van der Waals surface area contributed by atoms with Gasteiger partial charge in [0.2, 0.25) is 0 Å². The monoisotopic (exact) mass is 528 g/mol. The largest absolute Gasteiger partial charge is 0.497 e. The molecule has 154 valence electrons. The summed E-state index contributed by atoms with van der Waals surface area (Å²) < 4.78 is 12.9. The molecular weight excluding hydrogens is 508 g/mol. The summed E-state index contributed by atoms with van der Waals surface area (Å²) in [5.74, 6) is 1.72. The molecule has 0 spiro atoms. The summed E-state index contributed by atoms with van der Waals surface area (Å²) in [7, 11) is 1.68. The van der Waals surface area contributed by atoms with E-state index in [0.717, 1.165) is 43.8 Å². The second-order valence-corrected chi connectivity index (χ2v) is 8.71. The molecule has 1 aliphatic rings. The van der Waals surface area contributed by atoms with Crippen molar-refractivity contribution in [3.8, 4) is 11.5 Å². The van der Waals surface area contributed by atoms with E-state index in [9.17, 15) is 0 Å². The fourth-order valence-electron chi connectivity index (χ4n) is 3.57. The van der Waals surface area contributed by atoms with Crippen LogP contribution in [0.4, 0.5) is 5.69 Å². The summed E-state index contributed by atoms with van der Waals surface area (Å²) in [6, 6.07) is 22.6. The maximum atomic E-state index is 5.58. The number of rotatable bonds is 6. The van der Waals surface area contributed by atoms with Gasteiger partial charge in [-0.2, -0.15) is 5.10 Å². The Bertz CT molecular complexity index is 1050. The van der Waals surface area contributed by atoms with Gasteiger partial charge >= 0.3 is 0 Å². The summed E-state index contributed by atoms with van der Waals surface area (Å²) >= 11 is 7.24. The van der Waals surface area contributed by atoms with Crippen LogP contribution in [0.3, 0.4) is 0 Å². The molecule has 4 rings (SSSR count). The third kappa shape index (κ3) is 4.40. The molecule has 0 bridgehead atoms. The molecule has 4 nitrogen and oxygen atoms in total. The van der Waals surface area contributed by atoms with E-state index in [-0.39, 0.29) is 6.04 Å². The van der Waals surface area contributed by atoms with Gasteiger partial charge in [0.05, 0.1) is 31.2 Å². The Balaban J connectivity index is 1.71. The number of halogens is 2. The van der Waals surface area contributed by atoms with Gasteiger partial charge in [-0.1, -0.05) is 28.1 Å². The molecule has 30 heavy (non-hydrogen) atoms. The highest BCUT2D eigenvalue weighted by Gasteiger charge is 2.31. The van der Waals surface area contributed by atoms with Gasteiger partial charge in [0.15, 0.2) is 0 Å². The molecule has 0 radical (unpaired) electrons. The maximum absolute atomic E-state index is 5.58. The van der Waals surface area contributed by atoms with Crippen molar-refractivity contribution in [2.24, 2.45) is 5.10 Å². The van der Waals surface area contributed by atoms with Crippen LogP contribution in [0.2, 0.25) is 0 Å². The van der Waals surface area contributed by atoms with Gasteiger partial charge in [0.25, 0.3) is 0 Å². The Morgan fingerprint density at radius 3 is 2.30 bits per heavy atom. The molecule has 3 aromatic carbocycles. The van der Waals surface area contributed by atoms with Gasteiger partial charge in [-0.15, -0.1) is 0 Å². The van der Waals surface area contributed by atoms with Crippen LogP contribution in [0.1, 0.15) is 30.5 Å². The molecular formula is C24H22Br2N2O2. The summed E-state index contributed by atoms with van der Waals surface area (Å²) in [6.45, 7) is 2.65. The van der Waals surface area contributed by atoms with E-state index >= 15 is 0 Å². The number of anilines is 1. The fourth-order valence-corrected chi connectivity index (χ4v) is 4.80. The molecule has 0 N–H and O–H groups in total. The molecule has 0 unspecified atom stereocenters. The standard InChI is InChI=1S/C24H22Br2N2O2/c1-3-30-20-11-4-16(5-12-20)22-15-24(17-6-9-19(29-2)10-7-17)28(27-22)23-13-8-18(25)14-21(23)26/h4-14,24H,3,15H2,1-2H3/t24-/m0/s1. The first-order chi connectivity index (χ1) is 14.6. The fraction of sp³-hybridized carbons (Fsp3) is 0.208. The molecule has 1 atom stereocenters. The van der Waals surface area contributed by atoms with Crippen LogP contribution in [0.5, 0.6) is 11.5 Å². The Morgan fingerprint density at radius 1 is 0.967 bits per heavy atom. The van der Waals surface area contributed by atoms with Crippen LogP contribution in [0.15, 0.2) is 80.8 Å². The number of hydrogen-bond donors (Lipinski definition) is 0. The number of hydrazone groups is 1. The maximum Gasteiger partial charge on any atom is 0.119 e. The van der Waals surface area contributed by atoms with Gasteiger partial charge in [-0.25, -0.2) is 0 Å². The van der Waals surface area contributed by atoms with E-state index in [1.165, 1.54) is 5.56 Å². The van der Waals surface area contributed by atoms with Crippen LogP contribution in [0, 0.1) is 0 Å². The van der Waals surface area contributed by atoms with Gasteiger partial charge in [0, 0.05) is 15.4 Å². The Labute approximate surface area is 193 Å². The quantitative estimate of drug-likeness (QED) is 0.345. The van der Waals surface area contributed by atoms with Crippen molar-refractivity contribution in [2.45, 2.75) is 19.4 Å². The summed E-state index contributed by atoms with van der Waals surface area (Å²) in [5.41, 5.74) is 4.37. The molecule has 0 saturated heterocycles. The minimum atomic E-state index is 0.0925. The normalized spacial score (nSPS) is 15.8. The van der Waals surface area contributed by atoms with Crippen molar-refractivity contribution < 1.29 is 9.47 Å². The topological polar surface area (TPSA) is 34.1 Å².